The third kappa shape index (κ3) is 2.21. The zero-order chi connectivity index (χ0) is 8.39. The minimum absolute atomic E-state index is 0. The Morgan fingerprint density at radius 1 is 1.31 bits per heavy atom. The summed E-state index contributed by atoms with van der Waals surface area (Å²) in [6, 6.07) is 10.7. The van der Waals surface area contributed by atoms with Crippen molar-refractivity contribution in [2.75, 3.05) is 7.05 Å². The van der Waals surface area contributed by atoms with E-state index in [4.69, 9.17) is 0 Å². The van der Waals surface area contributed by atoms with Crippen molar-refractivity contribution >= 4 is 33.8 Å². The normalized spacial score (nSPS) is 9.92. The summed E-state index contributed by atoms with van der Waals surface area (Å²) in [6.45, 7) is 0.972. The number of benzene rings is 1. The van der Waals surface area contributed by atoms with Crippen molar-refractivity contribution in [2.24, 2.45) is 0 Å². The van der Waals surface area contributed by atoms with Gasteiger partial charge in [-0.25, -0.2) is 0 Å². The maximum atomic E-state index is 3.16. The van der Waals surface area contributed by atoms with E-state index in [0.29, 0.717) is 0 Å². The molecule has 0 spiro atoms. The van der Waals surface area contributed by atoms with Gasteiger partial charge in [-0.2, -0.15) is 0 Å². The van der Waals surface area contributed by atoms with Gasteiger partial charge < -0.3 is 5.32 Å². The average Bonchev–Trinajstić information content (AvgIpc) is 2.47. The standard InChI is InChI=1S/C10H11NS.ClH/c1-11-7-9-6-8-4-2-3-5-10(8)12-9;/h2-6,11H,7H2,1H3;1H. The number of halogens is 1. The molecule has 2 aromatic rings. The Balaban J connectivity index is 0.000000845. The molecular formula is C10H12ClNS. The Bertz CT molecular complexity index is 350. The molecule has 0 saturated heterocycles. The molecule has 1 nitrogen and oxygen atoms in total. The molecule has 0 aliphatic rings. The van der Waals surface area contributed by atoms with Gasteiger partial charge in [0, 0.05) is 16.1 Å². The Kier molecular flexibility index (Phi) is 3.72. The maximum absolute atomic E-state index is 3.16. The van der Waals surface area contributed by atoms with E-state index in [1.54, 1.807) is 0 Å². The molecular weight excluding hydrogens is 202 g/mol. The fourth-order valence-corrected chi connectivity index (χ4v) is 2.37. The Hall–Kier alpha value is -0.570. The largest absolute Gasteiger partial charge is 0.315 e. The molecule has 0 unspecified atom stereocenters. The van der Waals surface area contributed by atoms with Crippen molar-refractivity contribution in [3.05, 3.63) is 35.2 Å². The van der Waals surface area contributed by atoms with Crippen LogP contribution in [0.5, 0.6) is 0 Å². The third-order valence-corrected chi connectivity index (χ3v) is 2.94. The van der Waals surface area contributed by atoms with Crippen molar-refractivity contribution in [2.45, 2.75) is 6.54 Å². The molecule has 0 atom stereocenters. The van der Waals surface area contributed by atoms with Crippen LogP contribution in [0.1, 0.15) is 4.88 Å². The summed E-state index contributed by atoms with van der Waals surface area (Å²) in [5.74, 6) is 0. The second kappa shape index (κ2) is 4.61. The fraction of sp³-hybridized carbons (Fsp3) is 0.200. The Morgan fingerprint density at radius 2 is 2.08 bits per heavy atom. The molecule has 0 aliphatic carbocycles. The van der Waals surface area contributed by atoms with Crippen molar-refractivity contribution in [1.29, 1.82) is 0 Å². The van der Waals surface area contributed by atoms with Gasteiger partial charge in [-0.3, -0.25) is 0 Å². The van der Waals surface area contributed by atoms with Gasteiger partial charge in [0.2, 0.25) is 0 Å². The van der Waals surface area contributed by atoms with Gasteiger partial charge >= 0.3 is 0 Å². The van der Waals surface area contributed by atoms with Gasteiger partial charge in [0.25, 0.3) is 0 Å². The first-order chi connectivity index (χ1) is 5.90. The fourth-order valence-electron chi connectivity index (χ4n) is 1.30. The van der Waals surface area contributed by atoms with Crippen LogP contribution in [0.15, 0.2) is 30.3 Å². The van der Waals surface area contributed by atoms with E-state index in [9.17, 15) is 0 Å². The Labute approximate surface area is 88.2 Å². The van der Waals surface area contributed by atoms with Crippen LogP contribution in [0.25, 0.3) is 10.1 Å². The summed E-state index contributed by atoms with van der Waals surface area (Å²) < 4.78 is 1.38. The first-order valence-electron chi connectivity index (χ1n) is 4.02. The summed E-state index contributed by atoms with van der Waals surface area (Å²) in [6.07, 6.45) is 0. The van der Waals surface area contributed by atoms with Crippen LogP contribution >= 0.6 is 23.7 Å². The molecule has 13 heavy (non-hydrogen) atoms. The lowest BCUT2D eigenvalue weighted by atomic mass is 10.2. The zero-order valence-corrected chi connectivity index (χ0v) is 9.04. The molecule has 0 saturated carbocycles. The minimum Gasteiger partial charge on any atom is -0.315 e. The molecule has 0 radical (unpaired) electrons. The molecule has 1 heterocycles. The predicted octanol–water partition coefficient (Wildman–Crippen LogP) is 3.04. The summed E-state index contributed by atoms with van der Waals surface area (Å²) in [5.41, 5.74) is 0. The summed E-state index contributed by atoms with van der Waals surface area (Å²) in [5, 5.41) is 4.51. The van der Waals surface area contributed by atoms with Crippen molar-refractivity contribution in [3.8, 4) is 0 Å². The average molecular weight is 214 g/mol. The van der Waals surface area contributed by atoms with Gasteiger partial charge in [0.15, 0.2) is 0 Å². The quantitative estimate of drug-likeness (QED) is 0.809. The lowest BCUT2D eigenvalue weighted by Crippen LogP contribution is -2.02. The summed E-state index contributed by atoms with van der Waals surface area (Å²) >= 11 is 1.86. The van der Waals surface area contributed by atoms with Gasteiger partial charge in [-0.1, -0.05) is 18.2 Å². The number of fused-ring (bicyclic) bond motifs is 1. The van der Waals surface area contributed by atoms with Crippen LogP contribution in [0, 0.1) is 0 Å². The van der Waals surface area contributed by atoms with E-state index in [1.807, 2.05) is 18.4 Å². The highest BCUT2D eigenvalue weighted by Crippen LogP contribution is 2.24. The number of hydrogen-bond acceptors (Lipinski definition) is 2. The maximum Gasteiger partial charge on any atom is 0.0346 e. The molecule has 0 bridgehead atoms. The molecule has 3 heteroatoms. The Morgan fingerprint density at radius 3 is 2.77 bits per heavy atom. The minimum atomic E-state index is 0. The van der Waals surface area contributed by atoms with E-state index in [1.165, 1.54) is 15.0 Å². The zero-order valence-electron chi connectivity index (χ0n) is 7.41. The number of thiophene rings is 1. The van der Waals surface area contributed by atoms with Crippen molar-refractivity contribution < 1.29 is 0 Å². The molecule has 1 aromatic heterocycles. The van der Waals surface area contributed by atoms with E-state index in [0.717, 1.165) is 6.54 Å². The second-order valence-electron chi connectivity index (χ2n) is 2.78. The SMILES string of the molecule is CNCc1cc2ccccc2s1.Cl. The van der Waals surface area contributed by atoms with E-state index in [2.05, 4.69) is 35.6 Å². The summed E-state index contributed by atoms with van der Waals surface area (Å²) in [4.78, 5) is 1.40. The van der Waals surface area contributed by atoms with Crippen LogP contribution in [0.4, 0.5) is 0 Å². The second-order valence-corrected chi connectivity index (χ2v) is 3.95. The first kappa shape index (κ1) is 10.5. The summed E-state index contributed by atoms with van der Waals surface area (Å²) in [7, 11) is 1.98. The number of rotatable bonds is 2. The van der Waals surface area contributed by atoms with E-state index < -0.39 is 0 Å². The topological polar surface area (TPSA) is 12.0 Å². The number of nitrogens with one attached hydrogen (secondary N) is 1. The highest BCUT2D eigenvalue weighted by Gasteiger charge is 1.98. The molecule has 2 rings (SSSR count). The van der Waals surface area contributed by atoms with E-state index in [-0.39, 0.29) is 12.4 Å². The molecule has 70 valence electrons. The molecule has 1 aromatic carbocycles. The molecule has 1 N–H and O–H groups in total. The van der Waals surface area contributed by atoms with E-state index >= 15 is 0 Å². The lowest BCUT2D eigenvalue weighted by molar-refractivity contribution is 0.832. The van der Waals surface area contributed by atoms with Crippen LogP contribution < -0.4 is 5.32 Å². The third-order valence-electron chi connectivity index (χ3n) is 1.83. The van der Waals surface area contributed by atoms with Crippen LogP contribution in [0.2, 0.25) is 0 Å². The highest BCUT2D eigenvalue weighted by molar-refractivity contribution is 7.19. The smallest absolute Gasteiger partial charge is 0.0346 e. The van der Waals surface area contributed by atoms with Gasteiger partial charge in [0.1, 0.15) is 0 Å². The predicted molar refractivity (Wildman–Crippen MR) is 61.8 cm³/mol. The highest BCUT2D eigenvalue weighted by atomic mass is 35.5. The molecule has 0 fully saturated rings. The molecule has 0 amide bonds. The van der Waals surface area contributed by atoms with Crippen molar-refractivity contribution in [1.82, 2.24) is 5.32 Å². The van der Waals surface area contributed by atoms with Crippen LogP contribution in [0.3, 0.4) is 0 Å². The van der Waals surface area contributed by atoms with Gasteiger partial charge in [-0.15, -0.1) is 23.7 Å². The van der Waals surface area contributed by atoms with Gasteiger partial charge in [-0.05, 0) is 24.6 Å². The van der Waals surface area contributed by atoms with Crippen molar-refractivity contribution in [3.63, 3.8) is 0 Å². The lowest BCUT2D eigenvalue weighted by Gasteiger charge is -1.89. The molecule has 0 aliphatic heterocycles. The van der Waals surface area contributed by atoms with Crippen LogP contribution in [-0.4, -0.2) is 7.05 Å². The van der Waals surface area contributed by atoms with Gasteiger partial charge in [0.05, 0.1) is 0 Å². The number of hydrogen-bond donors (Lipinski definition) is 1. The first-order valence-corrected chi connectivity index (χ1v) is 4.84. The monoisotopic (exact) mass is 213 g/mol. The van der Waals surface area contributed by atoms with Crippen LogP contribution in [-0.2, 0) is 6.54 Å².